The van der Waals surface area contributed by atoms with Gasteiger partial charge >= 0.3 is 18.1 Å². The molecule has 1 unspecified atom stereocenters. The third kappa shape index (κ3) is 8.00. The van der Waals surface area contributed by atoms with Crippen LogP contribution in [0.3, 0.4) is 0 Å². The number of aliphatic carboxylic acids is 2. The molecule has 9 nitrogen and oxygen atoms in total. The lowest BCUT2D eigenvalue weighted by Gasteiger charge is -2.31. The fourth-order valence-corrected chi connectivity index (χ4v) is 3.54. The van der Waals surface area contributed by atoms with Gasteiger partial charge in [-0.2, -0.15) is 13.2 Å². The molecule has 4 N–H and O–H groups in total. The topological polar surface area (TPSA) is 136 Å². The zero-order valence-electron chi connectivity index (χ0n) is 17.3. The first-order chi connectivity index (χ1) is 15.4. The highest BCUT2D eigenvalue weighted by atomic mass is 19.4. The average molecular weight is 477 g/mol. The molecular weight excluding hydrogens is 454 g/mol. The normalized spacial score (nSPS) is 19.8. The number of alkyl halides is 3. The fourth-order valence-electron chi connectivity index (χ4n) is 3.54. The Morgan fingerprint density at radius 1 is 1.12 bits per heavy atom. The van der Waals surface area contributed by atoms with Crippen LogP contribution in [0.25, 0.3) is 0 Å². The highest BCUT2D eigenvalue weighted by Gasteiger charge is 2.38. The molecule has 13 heteroatoms. The van der Waals surface area contributed by atoms with Crippen molar-refractivity contribution in [1.82, 2.24) is 10.2 Å². The lowest BCUT2D eigenvalue weighted by molar-refractivity contribution is -0.192. The fraction of sp³-hybridized carbons (Fsp3) is 0.500. The first-order valence-corrected chi connectivity index (χ1v) is 10.0. The van der Waals surface area contributed by atoms with Gasteiger partial charge in [0.05, 0.1) is 12.2 Å². The summed E-state index contributed by atoms with van der Waals surface area (Å²) >= 11 is 0. The number of carboxylic acid groups (broad SMARTS) is 2. The number of hydrogen-bond acceptors (Lipinski definition) is 6. The van der Waals surface area contributed by atoms with E-state index in [-0.39, 0.29) is 30.5 Å². The second kappa shape index (κ2) is 11.1. The molecule has 2 saturated heterocycles. The maximum absolute atomic E-state index is 14.5. The highest BCUT2D eigenvalue weighted by molar-refractivity contribution is 6.01. The first kappa shape index (κ1) is 26.0. The van der Waals surface area contributed by atoms with E-state index in [0.29, 0.717) is 19.5 Å². The smallest absolute Gasteiger partial charge is 0.480 e. The van der Waals surface area contributed by atoms with E-state index in [1.165, 1.54) is 6.07 Å². The van der Waals surface area contributed by atoms with E-state index >= 15 is 0 Å². The average Bonchev–Trinajstić information content (AvgIpc) is 2.71. The Labute approximate surface area is 185 Å². The summed E-state index contributed by atoms with van der Waals surface area (Å²) in [6, 6.07) is 4.32. The van der Waals surface area contributed by atoms with Crippen LogP contribution in [0.5, 0.6) is 0 Å². The van der Waals surface area contributed by atoms with Crippen molar-refractivity contribution >= 4 is 29.4 Å². The summed E-state index contributed by atoms with van der Waals surface area (Å²) in [6.45, 7) is 1.39. The number of nitrogens with one attached hydrogen (secondary N) is 2. The molecule has 33 heavy (non-hydrogen) atoms. The number of carbonyl (C=O) groups is 4. The number of likely N-dealkylation sites (tertiary alicyclic amines) is 1. The van der Waals surface area contributed by atoms with E-state index < -0.39 is 35.9 Å². The van der Waals surface area contributed by atoms with Crippen molar-refractivity contribution < 1.29 is 47.0 Å². The molecule has 2 aliphatic rings. The predicted octanol–water partition coefficient (Wildman–Crippen LogP) is 1.94. The molecule has 1 atom stereocenters. The molecule has 3 rings (SSSR count). The number of nitrogens with zero attached hydrogens (tertiary/aromatic N) is 1. The quantitative estimate of drug-likeness (QED) is 0.373. The van der Waals surface area contributed by atoms with Crippen LogP contribution in [0.4, 0.5) is 23.2 Å². The molecule has 0 radical (unpaired) electrons. The molecule has 2 aliphatic heterocycles. The number of piperidine rings is 2. The molecule has 0 bridgehead atoms. The van der Waals surface area contributed by atoms with Crippen LogP contribution >= 0.6 is 0 Å². The number of carboxylic acids is 2. The van der Waals surface area contributed by atoms with Crippen molar-refractivity contribution in [2.24, 2.45) is 0 Å². The van der Waals surface area contributed by atoms with Gasteiger partial charge in [0.1, 0.15) is 11.9 Å². The minimum absolute atomic E-state index is 0.0376. The van der Waals surface area contributed by atoms with Gasteiger partial charge in [0.25, 0.3) is 0 Å². The Morgan fingerprint density at radius 3 is 2.21 bits per heavy atom. The van der Waals surface area contributed by atoms with Gasteiger partial charge < -0.3 is 15.5 Å². The Balaban J connectivity index is 0.000000479. The number of benzene rings is 1. The number of imide groups is 1. The number of rotatable bonds is 5. The van der Waals surface area contributed by atoms with E-state index in [9.17, 15) is 31.9 Å². The number of anilines is 1. The van der Waals surface area contributed by atoms with Crippen LogP contribution in [0, 0.1) is 5.82 Å². The Kier molecular flexibility index (Phi) is 8.74. The van der Waals surface area contributed by atoms with Crippen molar-refractivity contribution in [3.05, 3.63) is 29.6 Å². The van der Waals surface area contributed by atoms with E-state index in [1.807, 2.05) is 11.0 Å². The van der Waals surface area contributed by atoms with Gasteiger partial charge in [-0.3, -0.25) is 24.6 Å². The maximum atomic E-state index is 14.5. The zero-order chi connectivity index (χ0) is 24.8. The van der Waals surface area contributed by atoms with E-state index in [1.54, 1.807) is 6.07 Å². The monoisotopic (exact) mass is 477 g/mol. The van der Waals surface area contributed by atoms with Crippen molar-refractivity contribution in [3.8, 4) is 0 Å². The van der Waals surface area contributed by atoms with E-state index in [4.69, 9.17) is 15.0 Å². The molecule has 2 fully saturated rings. The SMILES string of the molecule is O=C(O)C(F)(F)F.O=C(O)CN1CCC(c2ccc(NC3CCC(=O)NC3=O)c(F)c2)CC1. The summed E-state index contributed by atoms with van der Waals surface area (Å²) in [5, 5.41) is 21.1. The standard InChI is InChI=1S/C18H22FN3O4.C2HF3O2/c19-13-9-12(11-5-7-22(8-6-11)10-17(24)25)1-2-14(13)20-15-3-4-16(23)21-18(15)26;3-2(4,5)1(6)7/h1-2,9,11,15,20H,3-8,10H2,(H,24,25)(H,21,23,26);(H,6,7). The first-order valence-electron chi connectivity index (χ1n) is 10.0. The summed E-state index contributed by atoms with van der Waals surface area (Å²) in [6.07, 6.45) is -2.94. The molecule has 182 valence electrons. The Bertz CT molecular complexity index is 900. The number of halogens is 4. The molecular formula is C20H23F4N3O6. The van der Waals surface area contributed by atoms with Gasteiger partial charge in [0.15, 0.2) is 0 Å². The predicted molar refractivity (Wildman–Crippen MR) is 106 cm³/mol. The third-order valence-electron chi connectivity index (χ3n) is 5.22. The molecule has 0 aromatic heterocycles. The van der Waals surface area contributed by atoms with Crippen molar-refractivity contribution in [2.75, 3.05) is 25.0 Å². The summed E-state index contributed by atoms with van der Waals surface area (Å²) in [4.78, 5) is 44.5. The zero-order valence-corrected chi connectivity index (χ0v) is 17.3. The summed E-state index contributed by atoms with van der Waals surface area (Å²) in [5.41, 5.74) is 1.12. The molecule has 1 aromatic rings. The lowest BCUT2D eigenvalue weighted by Crippen LogP contribution is -2.47. The number of amides is 2. The highest BCUT2D eigenvalue weighted by Crippen LogP contribution is 2.30. The Hall–Kier alpha value is -3.22. The van der Waals surface area contributed by atoms with Gasteiger partial charge in [-0.15, -0.1) is 0 Å². The maximum Gasteiger partial charge on any atom is 0.490 e. The van der Waals surface area contributed by atoms with Crippen LogP contribution in [0.2, 0.25) is 0 Å². The van der Waals surface area contributed by atoms with Gasteiger partial charge in [-0.25, -0.2) is 9.18 Å². The van der Waals surface area contributed by atoms with E-state index in [2.05, 4.69) is 10.6 Å². The van der Waals surface area contributed by atoms with Gasteiger partial charge in [-0.1, -0.05) is 6.07 Å². The van der Waals surface area contributed by atoms with Crippen LogP contribution in [0.1, 0.15) is 37.2 Å². The summed E-state index contributed by atoms with van der Waals surface area (Å²) in [7, 11) is 0. The molecule has 0 aliphatic carbocycles. The van der Waals surface area contributed by atoms with Crippen molar-refractivity contribution in [3.63, 3.8) is 0 Å². The Morgan fingerprint density at radius 2 is 1.73 bits per heavy atom. The summed E-state index contributed by atoms with van der Waals surface area (Å²) < 4.78 is 46.2. The van der Waals surface area contributed by atoms with Crippen LogP contribution in [-0.4, -0.2) is 70.7 Å². The van der Waals surface area contributed by atoms with Crippen molar-refractivity contribution in [2.45, 2.75) is 43.8 Å². The molecule has 2 amide bonds. The summed E-state index contributed by atoms with van der Waals surface area (Å²) in [5.74, 6) is -4.57. The van der Waals surface area contributed by atoms with E-state index in [0.717, 1.165) is 18.4 Å². The van der Waals surface area contributed by atoms with Gasteiger partial charge in [-0.05, 0) is 56.0 Å². The number of carbonyl (C=O) groups excluding carboxylic acids is 2. The van der Waals surface area contributed by atoms with Crippen LogP contribution < -0.4 is 10.6 Å². The van der Waals surface area contributed by atoms with Crippen LogP contribution in [0.15, 0.2) is 18.2 Å². The number of hydrogen-bond donors (Lipinski definition) is 4. The second-order valence-corrected chi connectivity index (χ2v) is 7.63. The largest absolute Gasteiger partial charge is 0.490 e. The third-order valence-corrected chi connectivity index (χ3v) is 5.22. The van der Waals surface area contributed by atoms with Crippen LogP contribution in [-0.2, 0) is 19.2 Å². The van der Waals surface area contributed by atoms with Crippen molar-refractivity contribution in [1.29, 1.82) is 0 Å². The second-order valence-electron chi connectivity index (χ2n) is 7.63. The molecule has 0 saturated carbocycles. The minimum atomic E-state index is -5.08. The van der Waals surface area contributed by atoms with Gasteiger partial charge in [0, 0.05) is 6.42 Å². The van der Waals surface area contributed by atoms with Gasteiger partial charge in [0.2, 0.25) is 11.8 Å². The molecule has 0 spiro atoms. The minimum Gasteiger partial charge on any atom is -0.480 e. The molecule has 2 heterocycles. The molecule has 1 aromatic carbocycles. The lowest BCUT2D eigenvalue weighted by atomic mass is 9.89.